The summed E-state index contributed by atoms with van der Waals surface area (Å²) in [5, 5.41) is 0. The number of rotatable bonds is 2. The Kier molecular flexibility index (Phi) is 3.60. The number of hydrogen-bond acceptors (Lipinski definition) is 1. The van der Waals surface area contributed by atoms with Crippen LogP contribution in [0.3, 0.4) is 0 Å². The van der Waals surface area contributed by atoms with E-state index in [1.165, 1.54) is 0 Å². The Bertz CT molecular complexity index is 141. The molecule has 0 aliphatic carbocycles. The van der Waals surface area contributed by atoms with Crippen LogP contribution in [0.25, 0.3) is 0 Å². The molecular formula is C6H8F6O. The Balaban J connectivity index is 4.15. The molecule has 0 heterocycles. The summed E-state index contributed by atoms with van der Waals surface area (Å²) >= 11 is 0. The molecule has 0 radical (unpaired) electrons. The molecule has 0 bridgehead atoms. The van der Waals surface area contributed by atoms with Gasteiger partial charge in [-0.05, 0) is 13.8 Å². The molecule has 0 saturated carbocycles. The van der Waals surface area contributed by atoms with Crippen LogP contribution < -0.4 is 0 Å². The summed E-state index contributed by atoms with van der Waals surface area (Å²) in [7, 11) is 0. The lowest BCUT2D eigenvalue weighted by atomic mass is 10.3. The summed E-state index contributed by atoms with van der Waals surface area (Å²) in [5.74, 6) is 0. The molecule has 0 N–H and O–H groups in total. The average Bonchev–Trinajstić information content (AvgIpc) is 1.82. The maximum atomic E-state index is 11.7. The lowest BCUT2D eigenvalue weighted by molar-refractivity contribution is -0.277. The number of ether oxygens (including phenoxy) is 1. The van der Waals surface area contributed by atoms with Gasteiger partial charge in [-0.25, -0.2) is 0 Å². The first-order chi connectivity index (χ1) is 5.55. The molecule has 0 aliphatic heterocycles. The molecule has 2 atom stereocenters. The fourth-order valence-electron chi connectivity index (χ4n) is 0.460. The first kappa shape index (κ1) is 12.5. The summed E-state index contributed by atoms with van der Waals surface area (Å²) in [5.41, 5.74) is 0. The summed E-state index contributed by atoms with van der Waals surface area (Å²) < 4.78 is 74.0. The molecule has 13 heavy (non-hydrogen) atoms. The highest BCUT2D eigenvalue weighted by molar-refractivity contribution is 4.67. The van der Waals surface area contributed by atoms with Crippen LogP contribution in [-0.2, 0) is 4.74 Å². The molecule has 0 spiro atoms. The molecule has 0 saturated heterocycles. The van der Waals surface area contributed by atoms with Crippen molar-refractivity contribution in [2.75, 3.05) is 0 Å². The third-order valence-corrected chi connectivity index (χ3v) is 1.33. The zero-order chi connectivity index (χ0) is 10.9. The number of halogens is 6. The second kappa shape index (κ2) is 3.73. The van der Waals surface area contributed by atoms with Crippen molar-refractivity contribution in [1.29, 1.82) is 0 Å². The maximum absolute atomic E-state index is 11.7. The van der Waals surface area contributed by atoms with Gasteiger partial charge in [0.25, 0.3) is 0 Å². The van der Waals surface area contributed by atoms with Crippen LogP contribution in [0.4, 0.5) is 26.3 Å². The highest BCUT2D eigenvalue weighted by Crippen LogP contribution is 2.28. The van der Waals surface area contributed by atoms with E-state index < -0.39 is 24.6 Å². The number of hydrogen-bond donors (Lipinski definition) is 0. The molecule has 0 amide bonds. The van der Waals surface area contributed by atoms with Crippen molar-refractivity contribution >= 4 is 0 Å². The van der Waals surface area contributed by atoms with Crippen molar-refractivity contribution in [1.82, 2.24) is 0 Å². The van der Waals surface area contributed by atoms with Crippen molar-refractivity contribution in [3.63, 3.8) is 0 Å². The van der Waals surface area contributed by atoms with Crippen molar-refractivity contribution < 1.29 is 31.1 Å². The third kappa shape index (κ3) is 4.35. The first-order valence-corrected chi connectivity index (χ1v) is 3.34. The van der Waals surface area contributed by atoms with Crippen LogP contribution in [0.15, 0.2) is 0 Å². The lowest BCUT2D eigenvalue weighted by Gasteiger charge is -2.22. The average molecular weight is 210 g/mol. The second-order valence-corrected chi connectivity index (χ2v) is 2.50. The van der Waals surface area contributed by atoms with E-state index in [9.17, 15) is 26.3 Å². The molecule has 7 heteroatoms. The fourth-order valence-corrected chi connectivity index (χ4v) is 0.460. The molecule has 80 valence electrons. The van der Waals surface area contributed by atoms with E-state index in [2.05, 4.69) is 4.74 Å². The van der Waals surface area contributed by atoms with Crippen LogP contribution >= 0.6 is 0 Å². The highest BCUT2D eigenvalue weighted by atomic mass is 19.4. The Morgan fingerprint density at radius 3 is 1.15 bits per heavy atom. The van der Waals surface area contributed by atoms with E-state index in [0.717, 1.165) is 0 Å². The second-order valence-electron chi connectivity index (χ2n) is 2.50. The van der Waals surface area contributed by atoms with Gasteiger partial charge in [-0.2, -0.15) is 26.3 Å². The topological polar surface area (TPSA) is 9.23 Å². The maximum Gasteiger partial charge on any atom is 0.414 e. The third-order valence-electron chi connectivity index (χ3n) is 1.33. The molecule has 2 unspecified atom stereocenters. The quantitative estimate of drug-likeness (QED) is 0.636. The van der Waals surface area contributed by atoms with Crippen molar-refractivity contribution in [3.8, 4) is 0 Å². The zero-order valence-electron chi connectivity index (χ0n) is 6.83. The Hall–Kier alpha value is -0.460. The van der Waals surface area contributed by atoms with Crippen LogP contribution in [0.1, 0.15) is 13.8 Å². The molecule has 0 fully saturated rings. The van der Waals surface area contributed by atoms with Gasteiger partial charge in [0.15, 0.2) is 12.2 Å². The molecule has 0 aliphatic rings. The minimum atomic E-state index is -4.76. The normalized spacial score (nSPS) is 18.5. The van der Waals surface area contributed by atoms with E-state index in [4.69, 9.17) is 0 Å². The van der Waals surface area contributed by atoms with E-state index in [0.29, 0.717) is 13.8 Å². The monoisotopic (exact) mass is 210 g/mol. The van der Waals surface area contributed by atoms with Gasteiger partial charge < -0.3 is 4.74 Å². The highest BCUT2D eigenvalue weighted by Gasteiger charge is 2.44. The molecule has 0 aromatic heterocycles. The molecule has 0 aromatic carbocycles. The van der Waals surface area contributed by atoms with Gasteiger partial charge in [0, 0.05) is 0 Å². The minimum absolute atomic E-state index is 0.530. The summed E-state index contributed by atoms with van der Waals surface area (Å²) in [6, 6.07) is 0. The summed E-state index contributed by atoms with van der Waals surface area (Å²) in [4.78, 5) is 0. The van der Waals surface area contributed by atoms with Crippen LogP contribution in [0.5, 0.6) is 0 Å². The van der Waals surface area contributed by atoms with Gasteiger partial charge in [0.1, 0.15) is 0 Å². The predicted molar refractivity (Wildman–Crippen MR) is 32.1 cm³/mol. The molecule has 1 nitrogen and oxygen atoms in total. The van der Waals surface area contributed by atoms with Gasteiger partial charge in [0.05, 0.1) is 0 Å². The standard InChI is InChI=1S/C6H8F6O/c1-3(5(7,8)9)13-4(2)6(10,11)12/h3-4H,1-2H3. The number of alkyl halides is 6. The van der Waals surface area contributed by atoms with Gasteiger partial charge in [-0.1, -0.05) is 0 Å². The first-order valence-electron chi connectivity index (χ1n) is 3.34. The van der Waals surface area contributed by atoms with E-state index in [1.807, 2.05) is 0 Å². The van der Waals surface area contributed by atoms with Gasteiger partial charge >= 0.3 is 12.4 Å². The molecular weight excluding hydrogens is 202 g/mol. The predicted octanol–water partition coefficient (Wildman–Crippen LogP) is 2.90. The van der Waals surface area contributed by atoms with E-state index in [-0.39, 0.29) is 0 Å². The van der Waals surface area contributed by atoms with Crippen LogP contribution in [0.2, 0.25) is 0 Å². The summed E-state index contributed by atoms with van der Waals surface area (Å²) in [6.45, 7) is 1.06. The largest absolute Gasteiger partial charge is 0.414 e. The smallest absolute Gasteiger partial charge is 0.357 e. The molecule has 0 rings (SSSR count). The minimum Gasteiger partial charge on any atom is -0.357 e. The Labute approximate surface area is 70.7 Å². The van der Waals surface area contributed by atoms with Crippen LogP contribution in [-0.4, -0.2) is 24.6 Å². The van der Waals surface area contributed by atoms with Crippen molar-refractivity contribution in [2.45, 2.75) is 38.4 Å². The Morgan fingerprint density at radius 2 is 1.00 bits per heavy atom. The van der Waals surface area contributed by atoms with E-state index >= 15 is 0 Å². The lowest BCUT2D eigenvalue weighted by Crippen LogP contribution is -2.38. The van der Waals surface area contributed by atoms with Crippen LogP contribution in [0, 0.1) is 0 Å². The van der Waals surface area contributed by atoms with Gasteiger partial charge in [-0.15, -0.1) is 0 Å². The van der Waals surface area contributed by atoms with Gasteiger partial charge in [-0.3, -0.25) is 0 Å². The van der Waals surface area contributed by atoms with E-state index in [1.54, 1.807) is 0 Å². The Morgan fingerprint density at radius 1 is 0.769 bits per heavy atom. The van der Waals surface area contributed by atoms with Gasteiger partial charge in [0.2, 0.25) is 0 Å². The molecule has 0 aromatic rings. The fraction of sp³-hybridized carbons (Fsp3) is 1.00. The zero-order valence-corrected chi connectivity index (χ0v) is 6.83. The van der Waals surface area contributed by atoms with Crippen molar-refractivity contribution in [3.05, 3.63) is 0 Å². The summed E-state index contributed by atoms with van der Waals surface area (Å²) in [6.07, 6.45) is -14.4. The van der Waals surface area contributed by atoms with Crippen molar-refractivity contribution in [2.24, 2.45) is 0 Å². The SMILES string of the molecule is CC(OC(C)C(F)(F)F)C(F)(F)F.